The van der Waals surface area contributed by atoms with Gasteiger partial charge >= 0.3 is 0 Å². The Kier molecular flexibility index (Phi) is 2.93. The Hall–Kier alpha value is -1.97. The van der Waals surface area contributed by atoms with E-state index in [4.69, 9.17) is 0 Å². The normalized spacial score (nSPS) is 14.8. The molecular formula is C15H18N2O2. The molecule has 1 aliphatic rings. The van der Waals surface area contributed by atoms with Crippen LogP contribution in [0.5, 0.6) is 5.75 Å². The Balaban J connectivity index is 1.73. The fraction of sp³-hybridized carbons (Fsp3) is 0.400. The summed E-state index contributed by atoms with van der Waals surface area (Å²) >= 11 is 0. The Bertz CT molecular complexity index is 626. The van der Waals surface area contributed by atoms with Crippen molar-refractivity contribution in [1.82, 2.24) is 9.88 Å². The van der Waals surface area contributed by atoms with Crippen molar-refractivity contribution in [2.24, 2.45) is 13.0 Å². The van der Waals surface area contributed by atoms with Gasteiger partial charge in [0.1, 0.15) is 5.75 Å². The zero-order chi connectivity index (χ0) is 13.4. The van der Waals surface area contributed by atoms with Gasteiger partial charge in [-0.05, 0) is 43.0 Å². The second kappa shape index (κ2) is 4.61. The van der Waals surface area contributed by atoms with E-state index in [9.17, 15) is 9.90 Å². The fourth-order valence-corrected chi connectivity index (χ4v) is 2.47. The van der Waals surface area contributed by atoms with E-state index in [2.05, 4.69) is 11.5 Å². The molecule has 0 saturated heterocycles. The van der Waals surface area contributed by atoms with Gasteiger partial charge in [0.25, 0.3) is 0 Å². The predicted octanol–water partition coefficient (Wildman–Crippen LogP) is 1.95. The zero-order valence-electron chi connectivity index (χ0n) is 11.0. The molecule has 3 rings (SSSR count). The molecule has 0 unspecified atom stereocenters. The highest BCUT2D eigenvalue weighted by molar-refractivity contribution is 5.85. The highest BCUT2D eigenvalue weighted by atomic mass is 16.3. The SMILES string of the molecule is Cn1cc(CCNC(=O)C2CC2)c2cc(O)ccc21. The van der Waals surface area contributed by atoms with E-state index in [0.717, 1.165) is 35.7 Å². The van der Waals surface area contributed by atoms with Gasteiger partial charge < -0.3 is 15.0 Å². The first kappa shape index (κ1) is 12.1. The quantitative estimate of drug-likeness (QED) is 0.880. The molecule has 0 bridgehead atoms. The van der Waals surface area contributed by atoms with E-state index < -0.39 is 0 Å². The molecule has 1 fully saturated rings. The van der Waals surface area contributed by atoms with Gasteiger partial charge in [-0.15, -0.1) is 0 Å². The van der Waals surface area contributed by atoms with Crippen molar-refractivity contribution in [2.45, 2.75) is 19.3 Å². The summed E-state index contributed by atoms with van der Waals surface area (Å²) in [7, 11) is 1.99. The van der Waals surface area contributed by atoms with Crippen LogP contribution in [0.4, 0.5) is 0 Å². The molecule has 2 N–H and O–H groups in total. The number of aromatic hydroxyl groups is 1. The number of carbonyl (C=O) groups is 1. The molecule has 19 heavy (non-hydrogen) atoms. The minimum atomic E-state index is 0.183. The second-order valence-corrected chi connectivity index (χ2v) is 5.28. The smallest absolute Gasteiger partial charge is 0.223 e. The highest BCUT2D eigenvalue weighted by Crippen LogP contribution is 2.29. The van der Waals surface area contributed by atoms with Crippen LogP contribution in [0.25, 0.3) is 10.9 Å². The number of phenolic OH excluding ortho intramolecular Hbond substituents is 1. The van der Waals surface area contributed by atoms with Gasteiger partial charge in [0.2, 0.25) is 5.91 Å². The lowest BCUT2D eigenvalue weighted by molar-refractivity contribution is -0.122. The number of aromatic nitrogens is 1. The molecule has 0 atom stereocenters. The molecule has 1 aromatic heterocycles. The number of fused-ring (bicyclic) bond motifs is 1. The average molecular weight is 258 g/mol. The first-order valence-electron chi connectivity index (χ1n) is 6.70. The van der Waals surface area contributed by atoms with E-state index in [1.165, 1.54) is 0 Å². The lowest BCUT2D eigenvalue weighted by Gasteiger charge is -2.03. The van der Waals surface area contributed by atoms with Crippen LogP contribution >= 0.6 is 0 Å². The molecule has 100 valence electrons. The number of nitrogens with one attached hydrogen (secondary N) is 1. The van der Waals surface area contributed by atoms with Crippen molar-refractivity contribution in [2.75, 3.05) is 6.54 Å². The van der Waals surface area contributed by atoms with Crippen LogP contribution in [0.15, 0.2) is 24.4 Å². The number of amides is 1. The number of nitrogens with zero attached hydrogens (tertiary/aromatic N) is 1. The topological polar surface area (TPSA) is 54.3 Å². The minimum absolute atomic E-state index is 0.183. The Morgan fingerprint density at radius 3 is 3.00 bits per heavy atom. The Labute approximate surface area is 112 Å². The molecule has 1 heterocycles. The Morgan fingerprint density at radius 2 is 2.26 bits per heavy atom. The maximum atomic E-state index is 11.6. The van der Waals surface area contributed by atoms with E-state index >= 15 is 0 Å². The zero-order valence-corrected chi connectivity index (χ0v) is 11.0. The van der Waals surface area contributed by atoms with Gasteiger partial charge in [-0.2, -0.15) is 0 Å². The molecule has 1 amide bonds. The lowest BCUT2D eigenvalue weighted by Crippen LogP contribution is -2.26. The molecule has 0 aliphatic heterocycles. The molecule has 2 aromatic rings. The van der Waals surface area contributed by atoms with Crippen LogP contribution in [0.1, 0.15) is 18.4 Å². The molecule has 0 radical (unpaired) electrons. The molecule has 1 aliphatic carbocycles. The first-order chi connectivity index (χ1) is 9.15. The number of hydrogen-bond donors (Lipinski definition) is 2. The first-order valence-corrected chi connectivity index (χ1v) is 6.70. The molecule has 4 heteroatoms. The van der Waals surface area contributed by atoms with Crippen LogP contribution in [-0.4, -0.2) is 22.1 Å². The summed E-state index contributed by atoms with van der Waals surface area (Å²) in [6.45, 7) is 0.657. The lowest BCUT2D eigenvalue weighted by atomic mass is 10.1. The van der Waals surface area contributed by atoms with Crippen LogP contribution in [0.3, 0.4) is 0 Å². The molecule has 0 spiro atoms. The van der Waals surface area contributed by atoms with Crippen molar-refractivity contribution in [3.05, 3.63) is 30.0 Å². The summed E-state index contributed by atoms with van der Waals surface area (Å²) < 4.78 is 2.05. The van der Waals surface area contributed by atoms with Crippen molar-refractivity contribution in [1.29, 1.82) is 0 Å². The number of phenols is 1. The number of carbonyl (C=O) groups excluding carboxylic acids is 1. The maximum Gasteiger partial charge on any atom is 0.223 e. The van der Waals surface area contributed by atoms with Gasteiger partial charge in [-0.3, -0.25) is 4.79 Å². The second-order valence-electron chi connectivity index (χ2n) is 5.28. The third-order valence-corrected chi connectivity index (χ3v) is 3.70. The van der Waals surface area contributed by atoms with Crippen molar-refractivity contribution in [3.8, 4) is 5.75 Å². The largest absolute Gasteiger partial charge is 0.508 e. The summed E-state index contributed by atoms with van der Waals surface area (Å²) in [6, 6.07) is 5.39. The summed E-state index contributed by atoms with van der Waals surface area (Å²) in [4.78, 5) is 11.6. The van der Waals surface area contributed by atoms with E-state index in [1.807, 2.05) is 17.7 Å². The fourth-order valence-electron chi connectivity index (χ4n) is 2.47. The highest BCUT2D eigenvalue weighted by Gasteiger charge is 2.29. The van der Waals surface area contributed by atoms with Crippen LogP contribution in [-0.2, 0) is 18.3 Å². The standard InChI is InChI=1S/C15H18N2O2/c1-17-9-11(6-7-16-15(19)10-2-3-10)13-8-12(18)4-5-14(13)17/h4-5,8-10,18H,2-3,6-7H2,1H3,(H,16,19). The van der Waals surface area contributed by atoms with Crippen molar-refractivity contribution in [3.63, 3.8) is 0 Å². The van der Waals surface area contributed by atoms with Crippen molar-refractivity contribution < 1.29 is 9.90 Å². The monoisotopic (exact) mass is 258 g/mol. The average Bonchev–Trinajstić information content (AvgIpc) is 3.17. The van der Waals surface area contributed by atoms with Gasteiger partial charge in [0.15, 0.2) is 0 Å². The predicted molar refractivity (Wildman–Crippen MR) is 74.0 cm³/mol. The Morgan fingerprint density at radius 1 is 1.47 bits per heavy atom. The molecule has 1 aromatic carbocycles. The van der Waals surface area contributed by atoms with Crippen LogP contribution < -0.4 is 5.32 Å². The number of rotatable bonds is 4. The van der Waals surface area contributed by atoms with Crippen LogP contribution in [0.2, 0.25) is 0 Å². The molecule has 1 saturated carbocycles. The third kappa shape index (κ3) is 2.43. The van der Waals surface area contributed by atoms with E-state index in [-0.39, 0.29) is 17.6 Å². The number of hydrogen-bond acceptors (Lipinski definition) is 2. The summed E-state index contributed by atoms with van der Waals surface area (Å²) in [5, 5.41) is 13.6. The minimum Gasteiger partial charge on any atom is -0.508 e. The third-order valence-electron chi connectivity index (χ3n) is 3.70. The van der Waals surface area contributed by atoms with Crippen molar-refractivity contribution >= 4 is 16.8 Å². The maximum absolute atomic E-state index is 11.6. The molecule has 4 nitrogen and oxygen atoms in total. The van der Waals surface area contributed by atoms with Gasteiger partial charge in [-0.1, -0.05) is 0 Å². The van der Waals surface area contributed by atoms with E-state index in [0.29, 0.717) is 6.54 Å². The number of benzene rings is 1. The van der Waals surface area contributed by atoms with Gasteiger partial charge in [-0.25, -0.2) is 0 Å². The number of aryl methyl sites for hydroxylation is 1. The summed E-state index contributed by atoms with van der Waals surface area (Å²) in [5.41, 5.74) is 2.26. The van der Waals surface area contributed by atoms with Gasteiger partial charge in [0.05, 0.1) is 0 Å². The molecular weight excluding hydrogens is 240 g/mol. The van der Waals surface area contributed by atoms with Gasteiger partial charge in [0, 0.05) is 36.6 Å². The summed E-state index contributed by atoms with van der Waals surface area (Å²) in [5.74, 6) is 0.724. The summed E-state index contributed by atoms with van der Waals surface area (Å²) in [6.07, 6.45) is 4.93. The van der Waals surface area contributed by atoms with E-state index in [1.54, 1.807) is 12.1 Å². The van der Waals surface area contributed by atoms with Crippen LogP contribution in [0, 0.1) is 5.92 Å².